The molecule has 1 aromatic heterocycles. The predicted octanol–water partition coefficient (Wildman–Crippen LogP) is 3.59. The van der Waals surface area contributed by atoms with Crippen LogP contribution >= 0.6 is 7.82 Å². The average Bonchev–Trinajstić information content (AvgIpc) is 2.37. The summed E-state index contributed by atoms with van der Waals surface area (Å²) in [4.78, 5) is 3.72. The summed E-state index contributed by atoms with van der Waals surface area (Å²) in [7, 11) is -4.00. The van der Waals surface area contributed by atoms with Crippen molar-refractivity contribution < 1.29 is 26.9 Å². The molecule has 0 saturated carbocycles. The number of phosphoric acid groups is 1. The molecule has 0 saturated heterocycles. The molecule has 108 valence electrons. The van der Waals surface area contributed by atoms with Crippen molar-refractivity contribution in [3.63, 3.8) is 0 Å². The van der Waals surface area contributed by atoms with Crippen molar-refractivity contribution in [1.29, 1.82) is 0 Å². The summed E-state index contributed by atoms with van der Waals surface area (Å²) in [5, 5.41) is 0. The quantitative estimate of drug-likeness (QED) is 0.686. The molecule has 0 amide bonds. The van der Waals surface area contributed by atoms with E-state index in [2.05, 4.69) is 4.98 Å². The molecular weight excluding hydrogens is 279 g/mol. The van der Waals surface area contributed by atoms with E-state index in [0.717, 1.165) is 0 Å². The maximum atomic E-state index is 13.0. The van der Waals surface area contributed by atoms with Crippen molar-refractivity contribution in [2.75, 3.05) is 13.2 Å². The fraction of sp³-hybridized carbons (Fsp3) is 0.545. The van der Waals surface area contributed by atoms with Crippen LogP contribution in [0.3, 0.4) is 0 Å². The lowest BCUT2D eigenvalue weighted by molar-refractivity contribution is -0.0173. The second kappa shape index (κ2) is 7.65. The van der Waals surface area contributed by atoms with Gasteiger partial charge in [-0.3, -0.25) is 18.6 Å². The Bertz CT molecular complexity index is 408. The van der Waals surface area contributed by atoms with Crippen LogP contribution in [-0.2, 0) is 18.1 Å². The Morgan fingerprint density at radius 2 is 1.74 bits per heavy atom. The molecule has 1 heterocycles. The summed E-state index contributed by atoms with van der Waals surface area (Å²) >= 11 is 0. The van der Waals surface area contributed by atoms with E-state index >= 15 is 0 Å². The van der Waals surface area contributed by atoms with E-state index in [1.54, 1.807) is 13.8 Å². The Hall–Kier alpha value is -0.880. The average molecular weight is 295 g/mol. The summed E-state index contributed by atoms with van der Waals surface area (Å²) in [5.74, 6) is 0. The topological polar surface area (TPSA) is 57.7 Å². The third-order valence-corrected chi connectivity index (χ3v) is 3.71. The van der Waals surface area contributed by atoms with Crippen molar-refractivity contribution in [2.24, 2.45) is 0 Å². The van der Waals surface area contributed by atoms with Crippen LogP contribution in [0.25, 0.3) is 0 Å². The molecule has 0 radical (unpaired) electrons. The van der Waals surface area contributed by atoms with Crippen molar-refractivity contribution in [2.45, 2.75) is 26.4 Å². The molecule has 5 nitrogen and oxygen atoms in total. The van der Waals surface area contributed by atoms with Gasteiger partial charge in [0.1, 0.15) is 0 Å². The van der Waals surface area contributed by atoms with Gasteiger partial charge in [0.25, 0.3) is 6.43 Å². The second-order valence-corrected chi connectivity index (χ2v) is 5.05. The van der Waals surface area contributed by atoms with Gasteiger partial charge in [-0.25, -0.2) is 13.3 Å². The number of phosphoric ester groups is 1. The zero-order chi connectivity index (χ0) is 14.3. The van der Waals surface area contributed by atoms with Crippen molar-refractivity contribution in [3.8, 4) is 0 Å². The summed E-state index contributed by atoms with van der Waals surface area (Å²) in [6.45, 7) is 3.20. The number of hydrogen-bond donors (Lipinski definition) is 0. The first kappa shape index (κ1) is 16.2. The number of aromatic nitrogens is 1. The molecule has 0 bridgehead atoms. The summed E-state index contributed by atoms with van der Waals surface area (Å²) < 4.78 is 52.7. The lowest BCUT2D eigenvalue weighted by atomic mass is 10.1. The molecular formula is C11H16F2NO4P. The van der Waals surface area contributed by atoms with Crippen LogP contribution in [0.1, 0.15) is 25.5 Å². The van der Waals surface area contributed by atoms with Crippen molar-refractivity contribution >= 4 is 7.82 Å². The minimum absolute atomic E-state index is 0.0313. The highest BCUT2D eigenvalue weighted by Gasteiger charge is 2.35. The minimum Gasteiger partial charge on any atom is -0.287 e. The van der Waals surface area contributed by atoms with Crippen molar-refractivity contribution in [3.05, 3.63) is 30.1 Å². The first-order chi connectivity index (χ1) is 9.02. The summed E-state index contributed by atoms with van der Waals surface area (Å²) in [6, 6.07) is 2.72. The van der Waals surface area contributed by atoms with E-state index in [9.17, 15) is 13.3 Å². The maximum Gasteiger partial charge on any atom is 0.475 e. The smallest absolute Gasteiger partial charge is 0.287 e. The molecule has 0 spiro atoms. The van der Waals surface area contributed by atoms with Crippen LogP contribution < -0.4 is 0 Å². The number of alkyl halides is 2. The Morgan fingerprint density at radius 1 is 1.21 bits per heavy atom. The molecule has 0 aliphatic carbocycles. The lowest BCUT2D eigenvalue weighted by Gasteiger charge is -2.23. The number of nitrogens with zero attached hydrogens (tertiary/aromatic N) is 1. The Balaban J connectivity index is 2.92. The van der Waals surface area contributed by atoms with Gasteiger partial charge in [-0.2, -0.15) is 0 Å². The number of hydrogen-bond acceptors (Lipinski definition) is 5. The van der Waals surface area contributed by atoms with E-state index in [4.69, 9.17) is 13.6 Å². The zero-order valence-corrected chi connectivity index (χ0v) is 11.6. The van der Waals surface area contributed by atoms with Crippen LogP contribution in [0.4, 0.5) is 8.78 Å². The predicted molar refractivity (Wildman–Crippen MR) is 64.9 cm³/mol. The molecule has 0 aliphatic heterocycles. The molecule has 19 heavy (non-hydrogen) atoms. The fourth-order valence-corrected chi connectivity index (χ4v) is 2.68. The molecule has 1 aromatic rings. The molecule has 0 N–H and O–H groups in total. The number of halogens is 2. The monoisotopic (exact) mass is 295 g/mol. The number of rotatable bonds is 8. The largest absolute Gasteiger partial charge is 0.475 e. The van der Waals surface area contributed by atoms with E-state index in [0.29, 0.717) is 0 Å². The third-order valence-electron chi connectivity index (χ3n) is 2.08. The van der Waals surface area contributed by atoms with E-state index in [1.165, 1.54) is 24.5 Å². The van der Waals surface area contributed by atoms with Crippen LogP contribution in [0.5, 0.6) is 0 Å². The van der Waals surface area contributed by atoms with E-state index in [-0.39, 0.29) is 18.8 Å². The van der Waals surface area contributed by atoms with Gasteiger partial charge in [0.05, 0.1) is 13.2 Å². The Labute approximate surface area is 110 Å². The zero-order valence-electron chi connectivity index (χ0n) is 10.7. The molecule has 0 fully saturated rings. The van der Waals surface area contributed by atoms with Crippen LogP contribution in [0, 0.1) is 0 Å². The van der Waals surface area contributed by atoms with Crippen LogP contribution in [-0.4, -0.2) is 24.6 Å². The minimum atomic E-state index is -4.00. The van der Waals surface area contributed by atoms with Gasteiger partial charge >= 0.3 is 7.82 Å². The van der Waals surface area contributed by atoms with Gasteiger partial charge in [0.15, 0.2) is 6.10 Å². The van der Waals surface area contributed by atoms with Gasteiger partial charge in [0.2, 0.25) is 0 Å². The normalized spacial score (nSPS) is 13.7. The van der Waals surface area contributed by atoms with Gasteiger partial charge in [-0.05, 0) is 31.5 Å². The summed E-state index contributed by atoms with van der Waals surface area (Å²) in [6.07, 6.45) is -1.86. The molecule has 0 aromatic carbocycles. The third kappa shape index (κ3) is 4.95. The maximum absolute atomic E-state index is 13.0. The lowest BCUT2D eigenvalue weighted by Crippen LogP contribution is -2.14. The van der Waals surface area contributed by atoms with Gasteiger partial charge < -0.3 is 0 Å². The molecule has 0 aliphatic rings. The highest BCUT2D eigenvalue weighted by Crippen LogP contribution is 2.53. The standard InChI is InChI=1S/C11H16F2NO4P/c1-3-16-19(15,17-4-2)18-10(11(12)13)9-5-7-14-8-6-9/h5-8,10-11H,3-4H2,1-2H3/t10-/m1/s1. The highest BCUT2D eigenvalue weighted by molar-refractivity contribution is 7.48. The first-order valence-corrected chi connectivity index (χ1v) is 7.24. The van der Waals surface area contributed by atoms with Crippen molar-refractivity contribution in [1.82, 2.24) is 4.98 Å². The first-order valence-electron chi connectivity index (χ1n) is 5.78. The Morgan fingerprint density at radius 3 is 2.16 bits per heavy atom. The summed E-state index contributed by atoms with van der Waals surface area (Å²) in [5.41, 5.74) is 0.157. The van der Waals surface area contributed by atoms with Gasteiger partial charge in [-0.15, -0.1) is 0 Å². The van der Waals surface area contributed by atoms with Crippen LogP contribution in [0.15, 0.2) is 24.5 Å². The highest BCUT2D eigenvalue weighted by atomic mass is 31.2. The van der Waals surface area contributed by atoms with Gasteiger partial charge in [-0.1, -0.05) is 0 Å². The molecule has 1 rings (SSSR count). The molecule has 0 unspecified atom stereocenters. The second-order valence-electron chi connectivity index (χ2n) is 3.42. The molecule has 1 atom stereocenters. The van der Waals surface area contributed by atoms with E-state index < -0.39 is 20.4 Å². The van der Waals surface area contributed by atoms with Gasteiger partial charge in [0, 0.05) is 12.4 Å². The Kier molecular flexibility index (Phi) is 6.51. The molecule has 8 heteroatoms. The fourth-order valence-electron chi connectivity index (χ4n) is 1.36. The SMILES string of the molecule is CCOP(=O)(OCC)O[C@H](c1ccncc1)C(F)F. The number of pyridine rings is 1. The van der Waals surface area contributed by atoms with Crippen LogP contribution in [0.2, 0.25) is 0 Å². The van der Waals surface area contributed by atoms with E-state index in [1.807, 2.05) is 0 Å².